The topological polar surface area (TPSA) is 80.5 Å². The minimum absolute atomic E-state index is 0.0411. The number of hydrogen-bond donors (Lipinski definition) is 3. The van der Waals surface area contributed by atoms with Crippen molar-refractivity contribution in [2.75, 3.05) is 39.5 Å². The van der Waals surface area contributed by atoms with Crippen molar-refractivity contribution in [3.63, 3.8) is 0 Å². The van der Waals surface area contributed by atoms with E-state index in [-0.39, 0.29) is 18.5 Å². The number of aliphatic hydroxyl groups is 1. The molecule has 0 amide bonds. The van der Waals surface area contributed by atoms with E-state index in [2.05, 4.69) is 22.5 Å². The van der Waals surface area contributed by atoms with Gasteiger partial charge in [-0.1, -0.05) is 17.9 Å². The van der Waals surface area contributed by atoms with Crippen molar-refractivity contribution in [1.82, 2.24) is 19.8 Å². The van der Waals surface area contributed by atoms with Crippen LogP contribution in [0.5, 0.6) is 0 Å². The van der Waals surface area contributed by atoms with Gasteiger partial charge in [0.15, 0.2) is 0 Å². The maximum Gasteiger partial charge on any atom is 0.330 e. The van der Waals surface area contributed by atoms with Crippen LogP contribution in [0.3, 0.4) is 0 Å². The number of rotatable bonds is 7. The summed E-state index contributed by atoms with van der Waals surface area (Å²) in [4.78, 5) is 12.8. The van der Waals surface area contributed by atoms with Crippen molar-refractivity contribution in [3.05, 3.63) is 34.2 Å². The highest BCUT2D eigenvalue weighted by atomic mass is 16.5. The number of benzene rings is 1. The van der Waals surface area contributed by atoms with Gasteiger partial charge in [-0.15, -0.1) is 0 Å². The average molecular weight is 372 g/mol. The van der Waals surface area contributed by atoms with Gasteiger partial charge < -0.3 is 15.2 Å². The maximum absolute atomic E-state index is 12.8. The summed E-state index contributed by atoms with van der Waals surface area (Å²) in [5, 5.41) is 15.5. The van der Waals surface area contributed by atoms with Crippen molar-refractivity contribution < 1.29 is 9.84 Å². The van der Waals surface area contributed by atoms with Crippen LogP contribution in [-0.2, 0) is 11.8 Å². The van der Waals surface area contributed by atoms with Crippen molar-refractivity contribution >= 4 is 11.0 Å². The Hall–Kier alpha value is -2.11. The number of nitrogens with one attached hydrogen (secondary N) is 2. The number of piperazine rings is 1. The molecule has 2 heterocycles. The van der Waals surface area contributed by atoms with E-state index in [1.807, 2.05) is 22.8 Å². The molecule has 1 aliphatic rings. The zero-order valence-electron chi connectivity index (χ0n) is 15.8. The van der Waals surface area contributed by atoms with Gasteiger partial charge in [-0.25, -0.2) is 4.79 Å². The van der Waals surface area contributed by atoms with Crippen molar-refractivity contribution in [1.29, 1.82) is 0 Å². The standard InChI is InChI=1S/C20H28N4O3/c1-23-19-16(8-6-14-27-13-4-2-3-12-25)7-5-9-17(19)24(20(23)26)18-15-21-10-11-22-18/h5,7,9,18,21-22,25H,2-4,10-15H2,1H3. The Morgan fingerprint density at radius 1 is 1.30 bits per heavy atom. The number of aryl methyl sites for hydroxylation is 1. The maximum atomic E-state index is 12.8. The summed E-state index contributed by atoms with van der Waals surface area (Å²) in [5.74, 6) is 6.20. The molecule has 1 saturated heterocycles. The molecule has 1 atom stereocenters. The van der Waals surface area contributed by atoms with Gasteiger partial charge >= 0.3 is 5.69 Å². The second-order valence-corrected chi connectivity index (χ2v) is 6.70. The van der Waals surface area contributed by atoms with Crippen LogP contribution in [-0.4, -0.2) is 53.7 Å². The predicted octanol–water partition coefficient (Wildman–Crippen LogP) is 0.562. The molecule has 0 aliphatic carbocycles. The number of fused-ring (bicyclic) bond motifs is 1. The van der Waals surface area contributed by atoms with Crippen LogP contribution in [0, 0.1) is 11.8 Å². The lowest BCUT2D eigenvalue weighted by molar-refractivity contribution is 0.159. The molecule has 0 radical (unpaired) electrons. The average Bonchev–Trinajstić information content (AvgIpc) is 2.96. The predicted molar refractivity (Wildman–Crippen MR) is 106 cm³/mol. The minimum atomic E-state index is -0.0552. The monoisotopic (exact) mass is 372 g/mol. The van der Waals surface area contributed by atoms with Gasteiger partial charge in [0.2, 0.25) is 0 Å². The number of aromatic nitrogens is 2. The summed E-state index contributed by atoms with van der Waals surface area (Å²) in [7, 11) is 1.79. The Labute approximate surface area is 159 Å². The molecular formula is C20H28N4O3. The highest BCUT2D eigenvalue weighted by Crippen LogP contribution is 2.19. The summed E-state index contributed by atoms with van der Waals surface area (Å²) in [5.41, 5.74) is 2.53. The van der Waals surface area contributed by atoms with E-state index in [9.17, 15) is 4.79 Å². The molecule has 1 unspecified atom stereocenters. The quantitative estimate of drug-likeness (QED) is 0.489. The second-order valence-electron chi connectivity index (χ2n) is 6.70. The third kappa shape index (κ3) is 4.60. The first-order chi connectivity index (χ1) is 13.2. The van der Waals surface area contributed by atoms with E-state index in [4.69, 9.17) is 9.84 Å². The summed E-state index contributed by atoms with van der Waals surface area (Å²) in [6, 6.07) is 5.84. The number of aliphatic hydroxyl groups excluding tert-OH is 1. The molecule has 1 fully saturated rings. The van der Waals surface area contributed by atoms with E-state index in [1.54, 1.807) is 11.6 Å². The van der Waals surface area contributed by atoms with E-state index in [0.717, 1.165) is 55.5 Å². The lowest BCUT2D eigenvalue weighted by Crippen LogP contribution is -2.48. The molecule has 3 rings (SSSR count). The van der Waals surface area contributed by atoms with Gasteiger partial charge in [-0.3, -0.25) is 14.5 Å². The van der Waals surface area contributed by atoms with Gasteiger partial charge in [-0.05, 0) is 31.4 Å². The Bertz CT molecular complexity index is 869. The van der Waals surface area contributed by atoms with Crippen LogP contribution >= 0.6 is 0 Å². The fourth-order valence-electron chi connectivity index (χ4n) is 3.41. The van der Waals surface area contributed by atoms with Gasteiger partial charge in [0, 0.05) is 39.9 Å². The minimum Gasteiger partial charge on any atom is -0.396 e. The molecule has 3 N–H and O–H groups in total. The van der Waals surface area contributed by atoms with Crippen molar-refractivity contribution in [3.8, 4) is 11.8 Å². The number of imidazole rings is 1. The molecule has 27 heavy (non-hydrogen) atoms. The summed E-state index contributed by atoms with van der Waals surface area (Å²) in [6.07, 6.45) is 2.65. The SMILES string of the molecule is Cn1c(=O)n(C2CNCCN2)c2cccc(C#CCOCCCCCO)c21. The van der Waals surface area contributed by atoms with Gasteiger partial charge in [-0.2, -0.15) is 0 Å². The summed E-state index contributed by atoms with van der Waals surface area (Å²) < 4.78 is 9.00. The van der Waals surface area contributed by atoms with E-state index in [1.165, 1.54) is 0 Å². The molecule has 146 valence electrons. The molecule has 2 aromatic rings. The van der Waals surface area contributed by atoms with Crippen LogP contribution in [0.25, 0.3) is 11.0 Å². The second kappa shape index (κ2) is 9.72. The molecule has 1 aromatic heterocycles. The number of ether oxygens (including phenoxy) is 1. The molecule has 7 nitrogen and oxygen atoms in total. The number of para-hydroxylation sites is 1. The Kier molecular flexibility index (Phi) is 7.07. The largest absolute Gasteiger partial charge is 0.396 e. The fraction of sp³-hybridized carbons (Fsp3) is 0.550. The molecular weight excluding hydrogens is 344 g/mol. The zero-order valence-corrected chi connectivity index (χ0v) is 15.8. The fourth-order valence-corrected chi connectivity index (χ4v) is 3.41. The molecule has 1 aliphatic heterocycles. The van der Waals surface area contributed by atoms with Crippen molar-refractivity contribution in [2.24, 2.45) is 7.05 Å². The van der Waals surface area contributed by atoms with Crippen LogP contribution in [0.2, 0.25) is 0 Å². The summed E-state index contributed by atoms with van der Waals surface area (Å²) >= 11 is 0. The normalized spacial score (nSPS) is 17.0. The number of unbranched alkanes of at least 4 members (excludes halogenated alkanes) is 2. The first kappa shape index (κ1) is 19.6. The van der Waals surface area contributed by atoms with E-state index >= 15 is 0 Å². The third-order valence-corrected chi connectivity index (χ3v) is 4.78. The Morgan fingerprint density at radius 3 is 2.96 bits per heavy atom. The highest BCUT2D eigenvalue weighted by Gasteiger charge is 2.21. The summed E-state index contributed by atoms with van der Waals surface area (Å²) in [6.45, 7) is 3.70. The van der Waals surface area contributed by atoms with Crippen LogP contribution in [0.15, 0.2) is 23.0 Å². The van der Waals surface area contributed by atoms with Gasteiger partial charge in [0.25, 0.3) is 0 Å². The molecule has 0 bridgehead atoms. The smallest absolute Gasteiger partial charge is 0.330 e. The van der Waals surface area contributed by atoms with Gasteiger partial charge in [0.05, 0.1) is 16.6 Å². The zero-order chi connectivity index (χ0) is 19.1. The van der Waals surface area contributed by atoms with E-state index in [0.29, 0.717) is 13.2 Å². The van der Waals surface area contributed by atoms with Crippen LogP contribution < -0.4 is 16.3 Å². The number of nitrogens with zero attached hydrogens (tertiary/aromatic N) is 2. The highest BCUT2D eigenvalue weighted by molar-refractivity contribution is 5.83. The molecule has 7 heteroatoms. The first-order valence-electron chi connectivity index (χ1n) is 9.55. The molecule has 0 saturated carbocycles. The lowest BCUT2D eigenvalue weighted by atomic mass is 10.2. The third-order valence-electron chi connectivity index (χ3n) is 4.78. The lowest BCUT2D eigenvalue weighted by Gasteiger charge is -2.25. The van der Waals surface area contributed by atoms with E-state index < -0.39 is 0 Å². The van der Waals surface area contributed by atoms with Gasteiger partial charge in [0.1, 0.15) is 12.8 Å². The molecule has 1 aromatic carbocycles. The first-order valence-corrected chi connectivity index (χ1v) is 9.55. The van der Waals surface area contributed by atoms with Crippen molar-refractivity contribution in [2.45, 2.75) is 25.4 Å². The Balaban J connectivity index is 1.76. The van der Waals surface area contributed by atoms with Crippen LogP contribution in [0.1, 0.15) is 31.0 Å². The van der Waals surface area contributed by atoms with Crippen LogP contribution in [0.4, 0.5) is 0 Å². The number of hydrogen-bond acceptors (Lipinski definition) is 5. The molecule has 0 spiro atoms. The Morgan fingerprint density at radius 2 is 2.19 bits per heavy atom.